The van der Waals surface area contributed by atoms with Crippen molar-refractivity contribution < 1.29 is 4.90 Å². The molecule has 4 aromatic rings. The summed E-state index contributed by atoms with van der Waals surface area (Å²) >= 11 is 7.40. The van der Waals surface area contributed by atoms with Gasteiger partial charge in [0.2, 0.25) is 4.77 Å². The number of para-hydroxylation sites is 1. The zero-order chi connectivity index (χ0) is 19.3. The van der Waals surface area contributed by atoms with E-state index in [2.05, 4.69) is 56.4 Å². The van der Waals surface area contributed by atoms with E-state index in [9.17, 15) is 0 Å². The van der Waals surface area contributed by atoms with Crippen LogP contribution in [0.4, 0.5) is 0 Å². The van der Waals surface area contributed by atoms with Crippen LogP contribution in [0.3, 0.4) is 0 Å². The van der Waals surface area contributed by atoms with Crippen LogP contribution in [0.15, 0.2) is 30.3 Å². The van der Waals surface area contributed by atoms with Crippen LogP contribution in [-0.4, -0.2) is 37.2 Å². The van der Waals surface area contributed by atoms with Crippen molar-refractivity contribution in [2.75, 3.05) is 13.1 Å². The zero-order valence-corrected chi connectivity index (χ0v) is 17.7. The summed E-state index contributed by atoms with van der Waals surface area (Å²) in [5, 5.41) is 1.27. The summed E-state index contributed by atoms with van der Waals surface area (Å²) in [6.45, 7) is 7.12. The van der Waals surface area contributed by atoms with Gasteiger partial charge in [-0.1, -0.05) is 12.1 Å². The summed E-state index contributed by atoms with van der Waals surface area (Å²) in [5.74, 6) is 1.21. The van der Waals surface area contributed by atoms with E-state index in [1.807, 2.05) is 18.3 Å². The van der Waals surface area contributed by atoms with Gasteiger partial charge in [-0.25, -0.2) is 19.2 Å². The lowest BCUT2D eigenvalue weighted by atomic mass is 9.99. The number of nitrogens with one attached hydrogen (secondary N) is 1. The second-order valence-electron chi connectivity index (χ2n) is 7.67. The van der Waals surface area contributed by atoms with Crippen LogP contribution in [0.1, 0.15) is 35.2 Å². The van der Waals surface area contributed by atoms with Crippen LogP contribution in [0.2, 0.25) is 0 Å². The minimum Gasteiger partial charge on any atom is -0.316 e. The fourth-order valence-electron chi connectivity index (χ4n) is 4.28. The second-order valence-corrected chi connectivity index (χ2v) is 9.09. The number of hydrogen-bond donors (Lipinski definition) is 1. The van der Waals surface area contributed by atoms with Gasteiger partial charge in [-0.05, 0) is 57.1 Å². The highest BCUT2D eigenvalue weighted by atomic mass is 32.1. The molecule has 1 saturated heterocycles. The number of aryl methyl sites for hydroxylation is 2. The van der Waals surface area contributed by atoms with Gasteiger partial charge in [0.15, 0.2) is 6.67 Å². The van der Waals surface area contributed by atoms with E-state index in [4.69, 9.17) is 17.2 Å². The van der Waals surface area contributed by atoms with E-state index in [0.29, 0.717) is 16.5 Å². The van der Waals surface area contributed by atoms with Crippen LogP contribution in [0.5, 0.6) is 0 Å². The van der Waals surface area contributed by atoms with Crippen molar-refractivity contribution in [2.45, 2.75) is 39.3 Å². The molecule has 4 heterocycles. The van der Waals surface area contributed by atoms with Gasteiger partial charge >= 0.3 is 0 Å². The maximum atomic E-state index is 5.56. The number of thiazole rings is 1. The number of nitrogens with zero attached hydrogens (tertiary/aromatic N) is 5. The third-order valence-corrected chi connectivity index (χ3v) is 7.03. The lowest BCUT2D eigenvalue weighted by molar-refractivity contribution is -0.929. The minimum atomic E-state index is 0.510. The van der Waals surface area contributed by atoms with Crippen molar-refractivity contribution in [1.29, 1.82) is 0 Å². The molecule has 1 unspecified atom stereocenters. The number of benzene rings is 1. The van der Waals surface area contributed by atoms with Crippen molar-refractivity contribution in [1.82, 2.24) is 24.1 Å². The molecule has 28 heavy (non-hydrogen) atoms. The van der Waals surface area contributed by atoms with Crippen molar-refractivity contribution in [2.24, 2.45) is 0 Å². The Morgan fingerprint density at radius 1 is 1.21 bits per heavy atom. The third-order valence-electron chi connectivity index (χ3n) is 5.53. The molecule has 0 aliphatic carbocycles. The highest BCUT2D eigenvalue weighted by Gasteiger charge is 2.28. The molecule has 1 aliphatic rings. The predicted octanol–water partition coefficient (Wildman–Crippen LogP) is 2.91. The Balaban J connectivity index is 1.42. The van der Waals surface area contributed by atoms with Crippen molar-refractivity contribution in [3.8, 4) is 0 Å². The molecule has 0 radical (unpaired) electrons. The number of hydrogen-bond acceptors (Lipinski definition) is 5. The molecule has 1 aliphatic heterocycles. The fourth-order valence-corrected chi connectivity index (χ4v) is 5.61. The molecule has 1 N–H and O–H groups in total. The molecular weight excluding hydrogens is 388 g/mol. The Labute approximate surface area is 172 Å². The Morgan fingerprint density at radius 2 is 2.07 bits per heavy atom. The Bertz CT molecular complexity index is 1190. The van der Waals surface area contributed by atoms with Gasteiger partial charge in [0.1, 0.15) is 5.01 Å². The third kappa shape index (κ3) is 3.15. The average molecular weight is 412 g/mol. The van der Waals surface area contributed by atoms with E-state index in [0.717, 1.165) is 36.7 Å². The molecule has 3 aromatic heterocycles. The smallest absolute Gasteiger partial charge is 0.252 e. The van der Waals surface area contributed by atoms with Crippen molar-refractivity contribution in [3.05, 3.63) is 51.5 Å². The standard InChI is InChI=1S/C20H22N6S2/c1-13-10-14(2)26-19(21-13)23-20(27)25(26)12-24-9-5-6-15(11-24)18-22-16-7-3-4-8-17(16)28-18/h3-4,7-8,10,15H,5-6,9,11-12H2,1-2H3/p+1/t15-/m0/s1. The first-order chi connectivity index (χ1) is 13.6. The van der Waals surface area contributed by atoms with Gasteiger partial charge in [-0.2, -0.15) is 4.98 Å². The maximum absolute atomic E-state index is 5.56. The number of likely N-dealkylation sites (tertiary alicyclic amines) is 1. The number of rotatable bonds is 3. The Morgan fingerprint density at radius 3 is 2.93 bits per heavy atom. The van der Waals surface area contributed by atoms with Crippen LogP contribution in [-0.2, 0) is 6.67 Å². The number of piperidine rings is 1. The average Bonchev–Trinajstić information content (AvgIpc) is 3.23. The summed E-state index contributed by atoms with van der Waals surface area (Å²) in [6.07, 6.45) is 2.41. The van der Waals surface area contributed by atoms with Crippen LogP contribution in [0, 0.1) is 18.6 Å². The Hall–Kier alpha value is -2.16. The van der Waals surface area contributed by atoms with Gasteiger partial charge in [-0.3, -0.25) is 0 Å². The maximum Gasteiger partial charge on any atom is 0.252 e. The number of fused-ring (bicyclic) bond motifs is 2. The highest BCUT2D eigenvalue weighted by Crippen LogP contribution is 2.30. The van der Waals surface area contributed by atoms with Gasteiger partial charge in [0.25, 0.3) is 5.78 Å². The summed E-state index contributed by atoms with van der Waals surface area (Å²) in [7, 11) is 0. The van der Waals surface area contributed by atoms with Crippen LogP contribution >= 0.6 is 23.6 Å². The Kier molecular flexibility index (Phi) is 4.49. The largest absolute Gasteiger partial charge is 0.316 e. The molecule has 0 spiro atoms. The van der Waals surface area contributed by atoms with Crippen LogP contribution < -0.4 is 4.90 Å². The highest BCUT2D eigenvalue weighted by molar-refractivity contribution is 7.71. The first-order valence-electron chi connectivity index (χ1n) is 9.71. The van der Waals surface area contributed by atoms with Gasteiger partial charge < -0.3 is 4.90 Å². The monoisotopic (exact) mass is 411 g/mol. The van der Waals surface area contributed by atoms with Gasteiger partial charge in [0.05, 0.1) is 29.2 Å². The molecular formula is C20H23N6S2+. The normalized spacial score (nSPS) is 20.2. The molecule has 144 valence electrons. The van der Waals surface area contributed by atoms with Crippen molar-refractivity contribution in [3.63, 3.8) is 0 Å². The van der Waals surface area contributed by atoms with E-state index in [1.165, 1.54) is 27.4 Å². The minimum absolute atomic E-state index is 0.510. The topological polar surface area (TPSA) is 52.5 Å². The van der Waals surface area contributed by atoms with E-state index in [-0.39, 0.29) is 0 Å². The number of quaternary nitrogens is 1. The quantitative estimate of drug-likeness (QED) is 0.527. The first-order valence-corrected chi connectivity index (χ1v) is 10.9. The zero-order valence-electron chi connectivity index (χ0n) is 16.1. The second kappa shape index (κ2) is 7.02. The predicted molar refractivity (Wildman–Crippen MR) is 114 cm³/mol. The van der Waals surface area contributed by atoms with Crippen LogP contribution in [0.25, 0.3) is 16.0 Å². The van der Waals surface area contributed by atoms with Gasteiger partial charge in [-0.15, -0.1) is 11.3 Å². The molecule has 8 heteroatoms. The summed E-state index contributed by atoms with van der Waals surface area (Å²) in [6, 6.07) is 10.5. The molecule has 1 aromatic carbocycles. The number of aromatic nitrogens is 5. The molecule has 0 amide bonds. The van der Waals surface area contributed by atoms with E-state index in [1.54, 1.807) is 0 Å². The molecule has 5 rings (SSSR count). The summed E-state index contributed by atoms with van der Waals surface area (Å²) in [4.78, 5) is 15.5. The summed E-state index contributed by atoms with van der Waals surface area (Å²) < 4.78 is 6.05. The van der Waals surface area contributed by atoms with E-state index < -0.39 is 0 Å². The SMILES string of the molecule is Cc1cc(C)n2c(n1)nc(=S)n2C[NH+]1CCC[C@H](c2nc3ccccc3s2)C1. The first kappa shape index (κ1) is 17.9. The molecule has 0 saturated carbocycles. The lowest BCUT2D eigenvalue weighted by Gasteiger charge is -2.29. The van der Waals surface area contributed by atoms with Crippen molar-refractivity contribution >= 4 is 39.5 Å². The van der Waals surface area contributed by atoms with E-state index >= 15 is 0 Å². The molecule has 2 atom stereocenters. The summed E-state index contributed by atoms with van der Waals surface area (Å²) in [5.41, 5.74) is 3.21. The van der Waals surface area contributed by atoms with Gasteiger partial charge in [0, 0.05) is 11.4 Å². The fraction of sp³-hybridized carbons (Fsp3) is 0.400. The molecule has 1 fully saturated rings. The molecule has 0 bridgehead atoms. The lowest BCUT2D eigenvalue weighted by Crippen LogP contribution is -3.12. The molecule has 6 nitrogen and oxygen atoms in total.